The number of benzene rings is 1. The van der Waals surface area contributed by atoms with Crippen molar-refractivity contribution in [1.29, 1.82) is 0 Å². The molecule has 4 heterocycles. The molecule has 0 radical (unpaired) electrons. The number of ether oxygens (including phenoxy) is 1. The van der Waals surface area contributed by atoms with Crippen molar-refractivity contribution in [3.63, 3.8) is 0 Å². The van der Waals surface area contributed by atoms with Crippen LogP contribution < -0.4 is 15.4 Å². The maximum absolute atomic E-state index is 6.49. The van der Waals surface area contributed by atoms with Gasteiger partial charge in [-0.05, 0) is 38.0 Å². The van der Waals surface area contributed by atoms with Crippen molar-refractivity contribution in [3.05, 3.63) is 41.4 Å². The molecule has 5 rings (SSSR count). The van der Waals surface area contributed by atoms with Crippen molar-refractivity contribution in [2.75, 3.05) is 5.32 Å². The number of aromatic nitrogens is 5. The van der Waals surface area contributed by atoms with Crippen LogP contribution in [-0.4, -0.2) is 42.7 Å². The molecule has 2 fully saturated rings. The first kappa shape index (κ1) is 17.5. The third kappa shape index (κ3) is 3.02. The summed E-state index contributed by atoms with van der Waals surface area (Å²) < 4.78 is 9.72. The van der Waals surface area contributed by atoms with Crippen molar-refractivity contribution in [2.24, 2.45) is 7.05 Å². The average molecular weight is 400 g/mol. The number of hydrogen-bond acceptors (Lipinski definition) is 6. The van der Waals surface area contributed by atoms with Gasteiger partial charge in [0.15, 0.2) is 0 Å². The molecule has 2 N–H and O–H groups in total. The van der Waals surface area contributed by atoms with Crippen molar-refractivity contribution in [3.8, 4) is 11.6 Å². The molecule has 2 aromatic heterocycles. The maximum atomic E-state index is 6.49. The zero-order chi connectivity index (χ0) is 19.3. The number of nitrogens with one attached hydrogen (secondary N) is 2. The monoisotopic (exact) mass is 399 g/mol. The fraction of sp³-hybridized carbons (Fsp3) is 0.421. The second-order valence-corrected chi connectivity index (χ2v) is 7.88. The van der Waals surface area contributed by atoms with E-state index in [0.717, 1.165) is 29.2 Å². The van der Waals surface area contributed by atoms with E-state index in [4.69, 9.17) is 16.3 Å². The highest BCUT2D eigenvalue weighted by Crippen LogP contribution is 2.35. The molecule has 8 nitrogen and oxygen atoms in total. The number of nitrogens with zero attached hydrogens (tertiary/aromatic N) is 5. The number of halogens is 1. The molecule has 0 spiro atoms. The van der Waals surface area contributed by atoms with Gasteiger partial charge in [-0.2, -0.15) is 5.10 Å². The quantitative estimate of drug-likeness (QED) is 0.686. The van der Waals surface area contributed by atoms with E-state index in [-0.39, 0.29) is 6.10 Å². The minimum absolute atomic E-state index is 0.200. The number of fused-ring (bicyclic) bond motifs is 2. The molecular formula is C19H22ClN7O. The molecule has 2 saturated heterocycles. The van der Waals surface area contributed by atoms with E-state index in [1.54, 1.807) is 15.7 Å². The van der Waals surface area contributed by atoms with Crippen LogP contribution in [0.25, 0.3) is 5.69 Å². The summed E-state index contributed by atoms with van der Waals surface area (Å²) in [4.78, 5) is 3.96. The lowest BCUT2D eigenvalue weighted by Crippen LogP contribution is -2.31. The van der Waals surface area contributed by atoms with Crippen LogP contribution in [0.5, 0.6) is 5.88 Å². The largest absolute Gasteiger partial charge is 0.471 e. The summed E-state index contributed by atoms with van der Waals surface area (Å²) in [5.74, 6) is 1.54. The Morgan fingerprint density at radius 1 is 1.32 bits per heavy atom. The molecule has 0 saturated carbocycles. The summed E-state index contributed by atoms with van der Waals surface area (Å²) in [5, 5.41) is 16.3. The highest BCUT2D eigenvalue weighted by atomic mass is 35.5. The van der Waals surface area contributed by atoms with Gasteiger partial charge < -0.3 is 15.4 Å². The molecule has 9 heteroatoms. The van der Waals surface area contributed by atoms with Gasteiger partial charge >= 0.3 is 0 Å². The molecule has 0 amide bonds. The van der Waals surface area contributed by atoms with Crippen molar-refractivity contribution < 1.29 is 4.74 Å². The molecule has 146 valence electrons. The predicted molar refractivity (Wildman–Crippen MR) is 107 cm³/mol. The molecule has 0 aliphatic carbocycles. The van der Waals surface area contributed by atoms with Crippen LogP contribution in [0, 0.1) is 6.92 Å². The molecule has 28 heavy (non-hydrogen) atoms. The zero-order valence-corrected chi connectivity index (χ0v) is 16.5. The first-order chi connectivity index (χ1) is 13.6. The fourth-order valence-corrected chi connectivity index (χ4v) is 4.38. The lowest BCUT2D eigenvalue weighted by molar-refractivity contribution is 0.161. The normalized spacial score (nSPS) is 23.3. The third-order valence-corrected chi connectivity index (χ3v) is 5.95. The molecule has 1 aromatic carbocycles. The Morgan fingerprint density at radius 3 is 2.89 bits per heavy atom. The Morgan fingerprint density at radius 2 is 2.21 bits per heavy atom. The Kier molecular flexibility index (Phi) is 4.25. The molecule has 2 bridgehead atoms. The molecule has 3 unspecified atom stereocenters. The van der Waals surface area contributed by atoms with Crippen molar-refractivity contribution >= 4 is 23.1 Å². The number of hydrogen-bond donors (Lipinski definition) is 2. The highest BCUT2D eigenvalue weighted by Gasteiger charge is 2.41. The van der Waals surface area contributed by atoms with Gasteiger partial charge in [0.25, 0.3) is 0 Å². The zero-order valence-electron chi connectivity index (χ0n) is 15.8. The van der Waals surface area contributed by atoms with Crippen molar-refractivity contribution in [1.82, 2.24) is 29.9 Å². The standard InChI is InChI=1S/C19H22ClN7O/c1-11-18(24-15-6-4-13(8-14(15)20)27-10-21-9-22-27)26(2)25-19(11)28-17-7-12-3-5-16(17)23-12/h4,6,8-10,12,16-17,23-24H,3,5,7H2,1-2H3. The second-order valence-electron chi connectivity index (χ2n) is 7.47. The smallest absolute Gasteiger partial charge is 0.238 e. The first-order valence-corrected chi connectivity index (χ1v) is 9.84. The van der Waals surface area contributed by atoms with E-state index >= 15 is 0 Å². The Bertz CT molecular complexity index is 1000. The lowest BCUT2D eigenvalue weighted by Gasteiger charge is -2.20. The van der Waals surface area contributed by atoms with Crippen LogP contribution in [0.1, 0.15) is 24.8 Å². The van der Waals surface area contributed by atoms with E-state index in [0.29, 0.717) is 23.0 Å². The van der Waals surface area contributed by atoms with E-state index in [1.807, 2.05) is 32.2 Å². The van der Waals surface area contributed by atoms with Crippen LogP contribution in [0.2, 0.25) is 5.02 Å². The Labute approximate surface area is 167 Å². The van der Waals surface area contributed by atoms with Gasteiger partial charge in [0.2, 0.25) is 5.88 Å². The van der Waals surface area contributed by atoms with E-state index < -0.39 is 0 Å². The van der Waals surface area contributed by atoms with Gasteiger partial charge in [0.1, 0.15) is 24.6 Å². The van der Waals surface area contributed by atoms with Crippen LogP contribution in [-0.2, 0) is 7.05 Å². The van der Waals surface area contributed by atoms with Crippen LogP contribution in [0.3, 0.4) is 0 Å². The molecule has 2 aliphatic heterocycles. The van der Waals surface area contributed by atoms with Gasteiger partial charge in [-0.25, -0.2) is 14.3 Å². The third-order valence-electron chi connectivity index (χ3n) is 5.63. The summed E-state index contributed by atoms with van der Waals surface area (Å²) in [6, 6.07) is 6.75. The topological polar surface area (TPSA) is 81.8 Å². The van der Waals surface area contributed by atoms with Crippen molar-refractivity contribution in [2.45, 2.75) is 44.4 Å². The second kappa shape index (κ2) is 6.79. The Balaban J connectivity index is 1.36. The molecule has 3 aromatic rings. The van der Waals surface area contributed by atoms with Crippen LogP contribution in [0.15, 0.2) is 30.9 Å². The van der Waals surface area contributed by atoms with E-state index in [2.05, 4.69) is 25.8 Å². The summed E-state index contributed by atoms with van der Waals surface area (Å²) >= 11 is 6.49. The summed E-state index contributed by atoms with van der Waals surface area (Å²) in [7, 11) is 1.90. The van der Waals surface area contributed by atoms with Gasteiger partial charge in [0.05, 0.1) is 22.0 Å². The fourth-order valence-electron chi connectivity index (χ4n) is 4.16. The van der Waals surface area contributed by atoms with Crippen LogP contribution >= 0.6 is 11.6 Å². The molecular weight excluding hydrogens is 378 g/mol. The van der Waals surface area contributed by atoms with Gasteiger partial charge in [0, 0.05) is 25.6 Å². The Hall–Kier alpha value is -2.58. The minimum atomic E-state index is 0.200. The number of aryl methyl sites for hydroxylation is 1. The minimum Gasteiger partial charge on any atom is -0.471 e. The predicted octanol–water partition coefficient (Wildman–Crippen LogP) is 2.98. The van der Waals surface area contributed by atoms with E-state index in [9.17, 15) is 0 Å². The van der Waals surface area contributed by atoms with Crippen LogP contribution in [0.4, 0.5) is 11.5 Å². The first-order valence-electron chi connectivity index (χ1n) is 9.46. The van der Waals surface area contributed by atoms with E-state index in [1.165, 1.54) is 19.2 Å². The summed E-state index contributed by atoms with van der Waals surface area (Å²) in [5.41, 5.74) is 2.62. The average Bonchev–Trinajstić information content (AvgIpc) is 3.46. The summed E-state index contributed by atoms with van der Waals surface area (Å²) in [6.45, 7) is 2.02. The molecule has 3 atom stereocenters. The lowest BCUT2D eigenvalue weighted by atomic mass is 9.98. The number of anilines is 2. The van der Waals surface area contributed by atoms with Gasteiger partial charge in [-0.3, -0.25) is 0 Å². The highest BCUT2D eigenvalue weighted by molar-refractivity contribution is 6.33. The maximum Gasteiger partial charge on any atom is 0.238 e. The van der Waals surface area contributed by atoms with Gasteiger partial charge in [-0.1, -0.05) is 11.6 Å². The number of rotatable bonds is 5. The SMILES string of the molecule is Cc1c(OC2CC3CCC2N3)nn(C)c1Nc1ccc(-n2cncn2)cc1Cl. The van der Waals surface area contributed by atoms with Gasteiger partial charge in [-0.15, -0.1) is 5.10 Å². The molecule has 2 aliphatic rings. The summed E-state index contributed by atoms with van der Waals surface area (Å²) in [6.07, 6.45) is 6.82.